The number of H-pyrrole nitrogens is 2. The lowest BCUT2D eigenvalue weighted by molar-refractivity contribution is 0.234. The first-order chi connectivity index (χ1) is 12.1. The number of hydrogen-bond donors (Lipinski definition) is 2. The predicted octanol–water partition coefficient (Wildman–Crippen LogP) is 2.95. The molecule has 128 valence electrons. The standard InChI is InChI=1S/C18H18N4O2S/c1-11-2-4-12(5-3-11)16-8-13(21-24-16)9-22-7-6-15-14(10-22)17(23)20-18(25)19-15/h2-5,8H,6-7,9-10H2,1H3,(H2,19,20,23,25). The fourth-order valence-corrected chi connectivity index (χ4v) is 3.33. The minimum absolute atomic E-state index is 0.107. The van der Waals surface area contributed by atoms with Crippen LogP contribution >= 0.6 is 12.2 Å². The molecule has 0 radical (unpaired) electrons. The normalized spacial score (nSPS) is 14.4. The van der Waals surface area contributed by atoms with Crippen molar-refractivity contribution in [2.24, 2.45) is 0 Å². The van der Waals surface area contributed by atoms with Crippen LogP contribution in [-0.4, -0.2) is 26.6 Å². The molecule has 0 spiro atoms. The molecule has 1 aliphatic rings. The van der Waals surface area contributed by atoms with E-state index in [-0.39, 0.29) is 5.56 Å². The Labute approximate surface area is 149 Å². The molecular weight excluding hydrogens is 336 g/mol. The number of nitrogens with one attached hydrogen (secondary N) is 2. The topological polar surface area (TPSA) is 77.9 Å². The molecule has 0 unspecified atom stereocenters. The van der Waals surface area contributed by atoms with Crippen molar-refractivity contribution in [1.29, 1.82) is 0 Å². The van der Waals surface area contributed by atoms with Gasteiger partial charge in [-0.2, -0.15) is 0 Å². The number of rotatable bonds is 3. The fraction of sp³-hybridized carbons (Fsp3) is 0.278. The number of aromatic nitrogens is 3. The smallest absolute Gasteiger partial charge is 0.256 e. The second-order valence-electron chi connectivity index (χ2n) is 6.37. The van der Waals surface area contributed by atoms with Gasteiger partial charge in [0.2, 0.25) is 0 Å². The summed E-state index contributed by atoms with van der Waals surface area (Å²) in [6.07, 6.45) is 0.769. The molecule has 3 aromatic rings. The number of benzene rings is 1. The van der Waals surface area contributed by atoms with E-state index in [1.807, 2.05) is 18.2 Å². The van der Waals surface area contributed by atoms with Crippen molar-refractivity contribution < 1.29 is 4.52 Å². The van der Waals surface area contributed by atoms with Crippen molar-refractivity contribution in [1.82, 2.24) is 20.0 Å². The molecular formula is C18H18N4O2S. The lowest BCUT2D eigenvalue weighted by atomic mass is 10.1. The quantitative estimate of drug-likeness (QED) is 0.707. The van der Waals surface area contributed by atoms with Crippen LogP contribution in [0.15, 0.2) is 39.6 Å². The van der Waals surface area contributed by atoms with Crippen LogP contribution in [0.5, 0.6) is 0 Å². The molecule has 0 aliphatic carbocycles. The fourth-order valence-electron chi connectivity index (χ4n) is 3.12. The maximum atomic E-state index is 12.1. The minimum Gasteiger partial charge on any atom is -0.356 e. The van der Waals surface area contributed by atoms with E-state index in [1.165, 1.54) is 5.56 Å². The molecule has 2 N–H and O–H groups in total. The van der Waals surface area contributed by atoms with Crippen molar-refractivity contribution >= 4 is 12.2 Å². The van der Waals surface area contributed by atoms with Gasteiger partial charge in [0, 0.05) is 43.4 Å². The monoisotopic (exact) mass is 354 g/mol. The van der Waals surface area contributed by atoms with E-state index < -0.39 is 0 Å². The first-order valence-corrected chi connectivity index (χ1v) is 8.58. The van der Waals surface area contributed by atoms with E-state index in [2.05, 4.69) is 39.1 Å². The number of aromatic amines is 2. The number of aryl methyl sites for hydroxylation is 1. The third-order valence-corrected chi connectivity index (χ3v) is 4.67. The van der Waals surface area contributed by atoms with Gasteiger partial charge in [-0.05, 0) is 19.1 Å². The molecule has 4 rings (SSSR count). The number of nitrogens with zero attached hydrogens (tertiary/aromatic N) is 2. The Morgan fingerprint density at radius 3 is 2.88 bits per heavy atom. The SMILES string of the molecule is Cc1ccc(-c2cc(CN3CCc4[nH]c(=S)[nH]c(=O)c4C3)no2)cc1. The Morgan fingerprint density at radius 1 is 1.28 bits per heavy atom. The van der Waals surface area contributed by atoms with E-state index in [0.29, 0.717) is 17.9 Å². The predicted molar refractivity (Wildman–Crippen MR) is 96.7 cm³/mol. The van der Waals surface area contributed by atoms with Crippen LogP contribution in [0.2, 0.25) is 0 Å². The number of hydrogen-bond acceptors (Lipinski definition) is 5. The molecule has 0 saturated carbocycles. The Morgan fingerprint density at radius 2 is 2.08 bits per heavy atom. The van der Waals surface area contributed by atoms with E-state index in [4.69, 9.17) is 16.7 Å². The van der Waals surface area contributed by atoms with E-state index in [1.54, 1.807) is 0 Å². The molecule has 0 fully saturated rings. The molecule has 3 heterocycles. The van der Waals surface area contributed by atoms with Crippen molar-refractivity contribution in [3.05, 3.63) is 68.0 Å². The van der Waals surface area contributed by atoms with Crippen LogP contribution in [0.25, 0.3) is 11.3 Å². The highest BCUT2D eigenvalue weighted by Gasteiger charge is 2.21. The maximum absolute atomic E-state index is 12.1. The highest BCUT2D eigenvalue weighted by Crippen LogP contribution is 2.22. The van der Waals surface area contributed by atoms with Gasteiger partial charge in [0.15, 0.2) is 10.5 Å². The van der Waals surface area contributed by atoms with Gasteiger partial charge < -0.3 is 9.51 Å². The number of fused-ring (bicyclic) bond motifs is 1. The lowest BCUT2D eigenvalue weighted by Crippen LogP contribution is -2.35. The second-order valence-corrected chi connectivity index (χ2v) is 6.78. The van der Waals surface area contributed by atoms with Gasteiger partial charge in [-0.1, -0.05) is 35.0 Å². The van der Waals surface area contributed by atoms with Crippen molar-refractivity contribution in [2.45, 2.75) is 26.4 Å². The summed E-state index contributed by atoms with van der Waals surface area (Å²) in [6, 6.07) is 10.1. The van der Waals surface area contributed by atoms with Crippen LogP contribution in [0.4, 0.5) is 0 Å². The van der Waals surface area contributed by atoms with E-state index in [0.717, 1.165) is 41.2 Å². The summed E-state index contributed by atoms with van der Waals surface area (Å²) >= 11 is 5.03. The minimum atomic E-state index is -0.107. The summed E-state index contributed by atoms with van der Waals surface area (Å²) in [5.41, 5.74) is 4.66. The zero-order chi connectivity index (χ0) is 17.4. The summed E-state index contributed by atoms with van der Waals surface area (Å²) in [7, 11) is 0. The van der Waals surface area contributed by atoms with Gasteiger partial charge in [-0.15, -0.1) is 0 Å². The van der Waals surface area contributed by atoms with Gasteiger partial charge >= 0.3 is 0 Å². The van der Waals surface area contributed by atoms with E-state index in [9.17, 15) is 4.79 Å². The molecule has 1 aromatic carbocycles. The average Bonchev–Trinajstić information content (AvgIpc) is 3.04. The molecule has 7 heteroatoms. The van der Waals surface area contributed by atoms with Crippen LogP contribution in [-0.2, 0) is 19.5 Å². The van der Waals surface area contributed by atoms with Crippen LogP contribution in [0.1, 0.15) is 22.5 Å². The third-order valence-electron chi connectivity index (χ3n) is 4.47. The molecule has 0 bridgehead atoms. The van der Waals surface area contributed by atoms with Gasteiger partial charge in [0.25, 0.3) is 5.56 Å². The van der Waals surface area contributed by atoms with Gasteiger partial charge in [-0.3, -0.25) is 14.7 Å². The van der Waals surface area contributed by atoms with Crippen molar-refractivity contribution in [3.8, 4) is 11.3 Å². The highest BCUT2D eigenvalue weighted by molar-refractivity contribution is 7.71. The first kappa shape index (κ1) is 16.0. The molecule has 0 atom stereocenters. The maximum Gasteiger partial charge on any atom is 0.256 e. The summed E-state index contributed by atoms with van der Waals surface area (Å²) < 4.78 is 5.86. The Bertz CT molecular complexity index is 1020. The Balaban J connectivity index is 1.51. The third kappa shape index (κ3) is 3.33. The molecule has 1 aliphatic heterocycles. The molecule has 0 saturated heterocycles. The van der Waals surface area contributed by atoms with Crippen LogP contribution < -0.4 is 5.56 Å². The molecule has 2 aromatic heterocycles. The van der Waals surface area contributed by atoms with E-state index >= 15 is 0 Å². The Kier molecular flexibility index (Phi) is 4.10. The zero-order valence-corrected chi connectivity index (χ0v) is 14.7. The molecule has 25 heavy (non-hydrogen) atoms. The summed E-state index contributed by atoms with van der Waals surface area (Å²) in [4.78, 5) is 20.0. The van der Waals surface area contributed by atoms with Gasteiger partial charge in [-0.25, -0.2) is 0 Å². The van der Waals surface area contributed by atoms with Crippen molar-refractivity contribution in [2.75, 3.05) is 6.54 Å². The molecule has 0 amide bonds. The van der Waals surface area contributed by atoms with Crippen LogP contribution in [0.3, 0.4) is 0 Å². The summed E-state index contributed by atoms with van der Waals surface area (Å²) in [6.45, 7) is 4.11. The van der Waals surface area contributed by atoms with Crippen molar-refractivity contribution in [3.63, 3.8) is 0 Å². The van der Waals surface area contributed by atoms with Gasteiger partial charge in [0.05, 0.1) is 11.3 Å². The van der Waals surface area contributed by atoms with Gasteiger partial charge in [0.1, 0.15) is 0 Å². The largest absolute Gasteiger partial charge is 0.356 e. The first-order valence-electron chi connectivity index (χ1n) is 8.18. The Hall–Kier alpha value is -2.51. The summed E-state index contributed by atoms with van der Waals surface area (Å²) in [5, 5.41) is 4.17. The average molecular weight is 354 g/mol. The second kappa shape index (κ2) is 6.42. The zero-order valence-electron chi connectivity index (χ0n) is 13.8. The lowest BCUT2D eigenvalue weighted by Gasteiger charge is -2.26. The van der Waals surface area contributed by atoms with Crippen LogP contribution in [0, 0.1) is 11.7 Å². The summed E-state index contributed by atoms with van der Waals surface area (Å²) in [5.74, 6) is 0.759. The molecule has 6 nitrogen and oxygen atoms in total. The highest BCUT2D eigenvalue weighted by atomic mass is 32.1.